The third-order valence-corrected chi connectivity index (χ3v) is 2.22. The maximum atomic E-state index is 10.6. The molecule has 0 aliphatic carbocycles. The van der Waals surface area contributed by atoms with E-state index in [0.717, 1.165) is 23.4 Å². The van der Waals surface area contributed by atoms with E-state index >= 15 is 0 Å². The molecule has 0 radical (unpaired) electrons. The van der Waals surface area contributed by atoms with Crippen molar-refractivity contribution in [3.63, 3.8) is 0 Å². The van der Waals surface area contributed by atoms with Crippen LogP contribution in [0.1, 0.15) is 5.56 Å². The average Bonchev–Trinajstić information content (AvgIpc) is 2.31. The van der Waals surface area contributed by atoms with E-state index in [2.05, 4.69) is 0 Å². The first-order valence-electron chi connectivity index (χ1n) is 4.90. The Morgan fingerprint density at radius 1 is 1.06 bits per heavy atom. The van der Waals surface area contributed by atoms with Crippen LogP contribution in [-0.2, 0) is 11.2 Å². The van der Waals surface area contributed by atoms with E-state index in [9.17, 15) is 4.79 Å². The summed E-state index contributed by atoms with van der Waals surface area (Å²) in [6.07, 6.45) is 0.0847. The normalized spacial score (nSPS) is 9.38. The zero-order valence-corrected chi connectivity index (χ0v) is 9.05. The van der Waals surface area contributed by atoms with Gasteiger partial charge in [-0.1, -0.05) is 42.5 Å². The Balaban J connectivity index is 0.000000606. The van der Waals surface area contributed by atoms with E-state index in [-0.39, 0.29) is 6.42 Å². The molecule has 0 unspecified atom stereocenters. The number of aliphatic hydroxyl groups is 1. The van der Waals surface area contributed by atoms with Gasteiger partial charge in [-0.3, -0.25) is 4.79 Å². The lowest BCUT2D eigenvalue weighted by Gasteiger charge is -2.02. The summed E-state index contributed by atoms with van der Waals surface area (Å²) in [5.74, 6) is -0.790. The Bertz CT molecular complexity index is 472. The maximum absolute atomic E-state index is 10.6. The molecule has 2 aromatic rings. The number of carbonyl (C=O) groups is 1. The van der Waals surface area contributed by atoms with E-state index in [1.807, 2.05) is 42.5 Å². The van der Waals surface area contributed by atoms with Gasteiger partial charge in [0.25, 0.3) is 0 Å². The van der Waals surface area contributed by atoms with Crippen LogP contribution < -0.4 is 0 Å². The molecule has 0 heterocycles. The highest BCUT2D eigenvalue weighted by Crippen LogP contribution is 2.18. The van der Waals surface area contributed by atoms with Crippen LogP contribution in [0.15, 0.2) is 42.5 Å². The van der Waals surface area contributed by atoms with Crippen molar-refractivity contribution < 1.29 is 15.0 Å². The molecule has 0 saturated carbocycles. The van der Waals surface area contributed by atoms with Gasteiger partial charge < -0.3 is 10.2 Å². The molecule has 0 spiro atoms. The number of rotatable bonds is 2. The number of fused-ring (bicyclic) bond motifs is 1. The molecular weight excluding hydrogens is 204 g/mol. The van der Waals surface area contributed by atoms with Crippen molar-refractivity contribution in [1.29, 1.82) is 0 Å². The van der Waals surface area contributed by atoms with Crippen LogP contribution >= 0.6 is 0 Å². The number of aliphatic hydroxyl groups excluding tert-OH is 1. The predicted molar refractivity (Wildman–Crippen MR) is 63.4 cm³/mol. The Hall–Kier alpha value is -1.87. The van der Waals surface area contributed by atoms with Crippen LogP contribution in [0.4, 0.5) is 0 Å². The molecule has 3 heteroatoms. The quantitative estimate of drug-likeness (QED) is 0.811. The Kier molecular flexibility index (Phi) is 4.48. The first kappa shape index (κ1) is 12.2. The van der Waals surface area contributed by atoms with Crippen LogP contribution in [-0.4, -0.2) is 23.3 Å². The van der Waals surface area contributed by atoms with Gasteiger partial charge in [0.1, 0.15) is 0 Å². The zero-order chi connectivity index (χ0) is 12.0. The SMILES string of the molecule is CO.O=C(O)Cc1cccc2ccccc12. The monoisotopic (exact) mass is 218 g/mol. The highest BCUT2D eigenvalue weighted by molar-refractivity contribution is 5.88. The lowest BCUT2D eigenvalue weighted by Crippen LogP contribution is -2.00. The second kappa shape index (κ2) is 5.88. The van der Waals surface area contributed by atoms with Crippen molar-refractivity contribution in [2.75, 3.05) is 7.11 Å². The number of benzene rings is 2. The number of carboxylic acids is 1. The highest BCUT2D eigenvalue weighted by atomic mass is 16.4. The molecule has 84 valence electrons. The minimum atomic E-state index is -0.790. The molecule has 0 atom stereocenters. The van der Waals surface area contributed by atoms with Crippen LogP contribution in [0.2, 0.25) is 0 Å². The zero-order valence-electron chi connectivity index (χ0n) is 9.05. The van der Waals surface area contributed by atoms with Crippen LogP contribution in [0, 0.1) is 0 Å². The van der Waals surface area contributed by atoms with Gasteiger partial charge in [-0.15, -0.1) is 0 Å². The van der Waals surface area contributed by atoms with Crippen molar-refractivity contribution in [3.8, 4) is 0 Å². The Morgan fingerprint density at radius 2 is 1.69 bits per heavy atom. The minimum absolute atomic E-state index is 0.0847. The van der Waals surface area contributed by atoms with E-state index in [0.29, 0.717) is 0 Å². The topological polar surface area (TPSA) is 57.5 Å². The maximum Gasteiger partial charge on any atom is 0.307 e. The number of carboxylic acid groups (broad SMARTS) is 1. The third kappa shape index (κ3) is 2.81. The van der Waals surface area contributed by atoms with Gasteiger partial charge in [0.05, 0.1) is 6.42 Å². The van der Waals surface area contributed by atoms with Gasteiger partial charge in [0, 0.05) is 7.11 Å². The van der Waals surface area contributed by atoms with E-state index in [4.69, 9.17) is 10.2 Å². The van der Waals surface area contributed by atoms with Crippen LogP contribution in [0.5, 0.6) is 0 Å². The summed E-state index contributed by atoms with van der Waals surface area (Å²) >= 11 is 0. The first-order chi connectivity index (χ1) is 7.77. The van der Waals surface area contributed by atoms with E-state index in [1.165, 1.54) is 0 Å². The Morgan fingerprint density at radius 3 is 2.38 bits per heavy atom. The number of hydrogen-bond acceptors (Lipinski definition) is 2. The Labute approximate surface area is 94.0 Å². The summed E-state index contributed by atoms with van der Waals surface area (Å²) in [5, 5.41) is 17.8. The smallest absolute Gasteiger partial charge is 0.307 e. The molecule has 0 bridgehead atoms. The van der Waals surface area contributed by atoms with Crippen molar-refractivity contribution in [2.45, 2.75) is 6.42 Å². The predicted octanol–water partition coefficient (Wildman–Crippen LogP) is 2.08. The number of aliphatic carboxylic acids is 1. The molecule has 0 aliphatic heterocycles. The second-order valence-electron chi connectivity index (χ2n) is 3.21. The largest absolute Gasteiger partial charge is 0.481 e. The molecule has 2 N–H and O–H groups in total. The molecule has 2 rings (SSSR count). The summed E-state index contributed by atoms with van der Waals surface area (Å²) in [6, 6.07) is 13.5. The molecule has 0 amide bonds. The van der Waals surface area contributed by atoms with Crippen LogP contribution in [0.3, 0.4) is 0 Å². The van der Waals surface area contributed by atoms with Crippen molar-refractivity contribution in [2.24, 2.45) is 0 Å². The highest BCUT2D eigenvalue weighted by Gasteiger charge is 2.03. The molecule has 0 aliphatic rings. The summed E-state index contributed by atoms with van der Waals surface area (Å²) < 4.78 is 0. The van der Waals surface area contributed by atoms with Gasteiger partial charge in [-0.05, 0) is 16.3 Å². The first-order valence-corrected chi connectivity index (χ1v) is 4.90. The fourth-order valence-electron chi connectivity index (χ4n) is 1.61. The van der Waals surface area contributed by atoms with Crippen molar-refractivity contribution in [3.05, 3.63) is 48.0 Å². The fraction of sp³-hybridized carbons (Fsp3) is 0.154. The molecule has 0 fully saturated rings. The van der Waals surface area contributed by atoms with E-state index in [1.54, 1.807) is 0 Å². The number of hydrogen-bond donors (Lipinski definition) is 2. The van der Waals surface area contributed by atoms with Gasteiger partial charge in [0.2, 0.25) is 0 Å². The second-order valence-corrected chi connectivity index (χ2v) is 3.21. The fourth-order valence-corrected chi connectivity index (χ4v) is 1.61. The summed E-state index contributed by atoms with van der Waals surface area (Å²) in [5.41, 5.74) is 0.871. The molecular formula is C13H14O3. The van der Waals surface area contributed by atoms with Gasteiger partial charge in [-0.2, -0.15) is 0 Å². The van der Waals surface area contributed by atoms with E-state index < -0.39 is 5.97 Å². The molecule has 3 nitrogen and oxygen atoms in total. The molecule has 0 aromatic heterocycles. The third-order valence-electron chi connectivity index (χ3n) is 2.22. The lowest BCUT2D eigenvalue weighted by atomic mass is 10.0. The van der Waals surface area contributed by atoms with Crippen molar-refractivity contribution >= 4 is 16.7 Å². The molecule has 2 aromatic carbocycles. The summed E-state index contributed by atoms with van der Waals surface area (Å²) in [7, 11) is 1.00. The minimum Gasteiger partial charge on any atom is -0.481 e. The van der Waals surface area contributed by atoms with Crippen LogP contribution in [0.25, 0.3) is 10.8 Å². The average molecular weight is 218 g/mol. The summed E-state index contributed by atoms with van der Waals surface area (Å²) in [6.45, 7) is 0. The van der Waals surface area contributed by atoms with Crippen molar-refractivity contribution in [1.82, 2.24) is 0 Å². The standard InChI is InChI=1S/C12H10O2.CH4O/c13-12(14)8-10-6-3-5-9-4-1-2-7-11(9)10;1-2/h1-7H,8H2,(H,13,14);2H,1H3. The van der Waals surface area contributed by atoms with Gasteiger partial charge in [-0.25, -0.2) is 0 Å². The summed E-state index contributed by atoms with van der Waals surface area (Å²) in [4.78, 5) is 10.6. The van der Waals surface area contributed by atoms with Gasteiger partial charge >= 0.3 is 5.97 Å². The van der Waals surface area contributed by atoms with Gasteiger partial charge in [0.15, 0.2) is 0 Å². The molecule has 0 saturated heterocycles. The molecule has 16 heavy (non-hydrogen) atoms. The lowest BCUT2D eigenvalue weighted by molar-refractivity contribution is -0.136.